The van der Waals surface area contributed by atoms with Gasteiger partial charge in [0.15, 0.2) is 11.5 Å². The first-order chi connectivity index (χ1) is 21.4. The minimum atomic E-state index is -1.36. The molecule has 0 unspecified atom stereocenters. The second kappa shape index (κ2) is 15.6. The van der Waals surface area contributed by atoms with Crippen molar-refractivity contribution in [2.45, 2.75) is 33.2 Å². The molecule has 3 rings (SSSR count). The van der Waals surface area contributed by atoms with Crippen LogP contribution in [0, 0.1) is 26.0 Å². The summed E-state index contributed by atoms with van der Waals surface area (Å²) in [6.45, 7) is 2.95. The Morgan fingerprint density at radius 2 is 1.64 bits per heavy atom. The van der Waals surface area contributed by atoms with Crippen LogP contribution in [0.25, 0.3) is 0 Å². The molecular weight excluding hydrogens is 595 g/mol. The molecule has 0 bridgehead atoms. The van der Waals surface area contributed by atoms with Gasteiger partial charge in [0.05, 0.1) is 40.8 Å². The number of benzene rings is 3. The van der Waals surface area contributed by atoms with Crippen molar-refractivity contribution in [3.63, 3.8) is 0 Å². The van der Waals surface area contributed by atoms with Crippen molar-refractivity contribution >= 4 is 51.8 Å². The Morgan fingerprint density at radius 3 is 2.24 bits per heavy atom. The van der Waals surface area contributed by atoms with Crippen molar-refractivity contribution in [1.82, 2.24) is 0 Å². The summed E-state index contributed by atoms with van der Waals surface area (Å²) in [6, 6.07) is 13.1. The quantitative estimate of drug-likeness (QED) is 0.0914. The number of nitro groups is 2. The van der Waals surface area contributed by atoms with Crippen molar-refractivity contribution in [3.8, 4) is 5.75 Å². The molecule has 15 nitrogen and oxygen atoms in total. The normalized spacial score (nSPS) is 10.8. The molecule has 0 saturated carbocycles. The lowest BCUT2D eigenvalue weighted by Crippen LogP contribution is -2.27. The summed E-state index contributed by atoms with van der Waals surface area (Å²) in [4.78, 5) is 58.4. The van der Waals surface area contributed by atoms with Crippen LogP contribution >= 0.6 is 0 Å². The van der Waals surface area contributed by atoms with Crippen LogP contribution in [0.15, 0.2) is 64.8 Å². The molecule has 0 aliphatic rings. The molecule has 0 spiro atoms. The van der Waals surface area contributed by atoms with Crippen molar-refractivity contribution in [3.05, 3.63) is 86.2 Å². The van der Waals surface area contributed by atoms with E-state index in [0.29, 0.717) is 17.8 Å². The van der Waals surface area contributed by atoms with E-state index in [4.69, 9.17) is 9.47 Å². The van der Waals surface area contributed by atoms with E-state index in [1.165, 1.54) is 26.2 Å². The molecule has 0 aliphatic heterocycles. The average molecular weight is 625 g/mol. The highest BCUT2D eigenvalue weighted by molar-refractivity contribution is 5.94. The first kappa shape index (κ1) is 33.7. The Bertz CT molecular complexity index is 1630. The fourth-order valence-electron chi connectivity index (χ4n) is 4.01. The van der Waals surface area contributed by atoms with Gasteiger partial charge in [0.25, 0.3) is 0 Å². The van der Waals surface area contributed by atoms with Gasteiger partial charge < -0.3 is 19.7 Å². The molecule has 16 heteroatoms. The number of nitrogens with one attached hydrogen (secondary N) is 1. The number of hydrogen-bond donors (Lipinski definition) is 1. The van der Waals surface area contributed by atoms with Crippen molar-refractivity contribution in [2.75, 3.05) is 30.5 Å². The molecule has 3 aromatic rings. The van der Waals surface area contributed by atoms with Gasteiger partial charge in [-0.15, -0.1) is 10.2 Å². The van der Waals surface area contributed by atoms with Gasteiger partial charge in [0.1, 0.15) is 18.0 Å². The van der Waals surface area contributed by atoms with Crippen LogP contribution in [-0.2, 0) is 25.7 Å². The van der Waals surface area contributed by atoms with Crippen LogP contribution in [0.4, 0.5) is 38.5 Å². The lowest BCUT2D eigenvalue weighted by atomic mass is 10.1. The number of azo groups is 1. The number of methoxy groups -OCH3 is 1. The summed E-state index contributed by atoms with van der Waals surface area (Å²) in [5, 5.41) is 32.9. The number of hydrogen-bond acceptors (Lipinski definition) is 12. The van der Waals surface area contributed by atoms with E-state index < -0.39 is 44.6 Å². The second-order valence-electron chi connectivity index (χ2n) is 9.44. The maximum Gasteiger partial charge on any atom is 0.311 e. The maximum absolute atomic E-state index is 14.3. The molecule has 1 N–H and O–H groups in total. The van der Waals surface area contributed by atoms with Gasteiger partial charge >= 0.3 is 17.3 Å². The highest BCUT2D eigenvalue weighted by Crippen LogP contribution is 2.41. The number of nitro benzene ring substituents is 2. The Hall–Kier alpha value is -5.80. The number of rotatable bonds is 15. The standard InChI is InChI=1S/C29H29FN6O9/c1-4-20(38)17-45-29(39)10-11-34(16-19-8-6-5-7-9-19)27-13-22(31-18(2)37)23(14-28(27)44-3)32-33-24-12-21(30)25(35(40)41)15-26(24)36(42)43/h5-9,12-15H,4,10-11,16-17H2,1-3H3,(H,31,37)/b33-32+. The van der Waals surface area contributed by atoms with Gasteiger partial charge in [0.2, 0.25) is 11.7 Å². The zero-order valence-corrected chi connectivity index (χ0v) is 24.5. The van der Waals surface area contributed by atoms with E-state index in [0.717, 1.165) is 5.56 Å². The van der Waals surface area contributed by atoms with Gasteiger partial charge in [-0.2, -0.15) is 4.39 Å². The molecule has 0 radical (unpaired) electrons. The van der Waals surface area contributed by atoms with Gasteiger partial charge in [0, 0.05) is 38.6 Å². The third kappa shape index (κ3) is 9.34. The van der Waals surface area contributed by atoms with Crippen molar-refractivity contribution in [1.29, 1.82) is 0 Å². The van der Waals surface area contributed by atoms with E-state index in [2.05, 4.69) is 15.5 Å². The average Bonchev–Trinajstić information content (AvgIpc) is 3.00. The molecule has 0 aromatic heterocycles. The Balaban J connectivity index is 2.06. The molecular formula is C29H29FN6O9. The highest BCUT2D eigenvalue weighted by atomic mass is 19.1. The van der Waals surface area contributed by atoms with Crippen LogP contribution in [0.2, 0.25) is 0 Å². The second-order valence-corrected chi connectivity index (χ2v) is 9.44. The number of Topliss-reactive ketones (excluding diaryl/α,β-unsaturated/α-hetero) is 1. The fourth-order valence-corrected chi connectivity index (χ4v) is 4.01. The Kier molecular flexibility index (Phi) is 11.7. The number of anilines is 2. The predicted octanol–water partition coefficient (Wildman–Crippen LogP) is 5.94. The number of carbonyl (C=O) groups is 3. The number of halogens is 1. The molecule has 0 saturated heterocycles. The minimum Gasteiger partial charge on any atom is -0.494 e. The van der Waals surface area contributed by atoms with Crippen LogP contribution in [0.1, 0.15) is 32.3 Å². The molecule has 0 aliphatic carbocycles. The number of amides is 1. The van der Waals surface area contributed by atoms with Crippen LogP contribution in [-0.4, -0.2) is 47.8 Å². The predicted molar refractivity (Wildman–Crippen MR) is 160 cm³/mol. The summed E-state index contributed by atoms with van der Waals surface area (Å²) < 4.78 is 24.9. The van der Waals surface area contributed by atoms with Crippen LogP contribution in [0.5, 0.6) is 5.75 Å². The third-order valence-electron chi connectivity index (χ3n) is 6.24. The molecule has 0 heterocycles. The summed E-state index contributed by atoms with van der Waals surface area (Å²) in [6.07, 6.45) is 0.131. The monoisotopic (exact) mass is 624 g/mol. The number of nitrogens with zero attached hydrogens (tertiary/aromatic N) is 5. The molecule has 45 heavy (non-hydrogen) atoms. The minimum absolute atomic E-state index is 0.0454. The summed E-state index contributed by atoms with van der Waals surface area (Å²) in [5.41, 5.74) is -1.26. The van der Waals surface area contributed by atoms with Crippen LogP contribution < -0.4 is 15.0 Å². The number of esters is 1. The lowest BCUT2D eigenvalue weighted by molar-refractivity contribution is -0.395. The van der Waals surface area contributed by atoms with Crippen LogP contribution in [0.3, 0.4) is 0 Å². The topological polar surface area (TPSA) is 196 Å². The molecule has 3 aromatic carbocycles. The van der Waals surface area contributed by atoms with E-state index >= 15 is 0 Å². The Morgan fingerprint density at radius 1 is 0.978 bits per heavy atom. The zero-order chi connectivity index (χ0) is 33.1. The van der Waals surface area contributed by atoms with E-state index in [-0.39, 0.29) is 55.4 Å². The molecule has 236 valence electrons. The van der Waals surface area contributed by atoms with E-state index in [9.17, 15) is 39.0 Å². The summed E-state index contributed by atoms with van der Waals surface area (Å²) >= 11 is 0. The third-order valence-corrected chi connectivity index (χ3v) is 6.24. The number of ketones is 1. The molecule has 1 amide bonds. The number of carbonyl (C=O) groups excluding carboxylic acids is 3. The zero-order valence-electron chi connectivity index (χ0n) is 24.5. The first-order valence-electron chi connectivity index (χ1n) is 13.4. The van der Waals surface area contributed by atoms with E-state index in [1.54, 1.807) is 11.8 Å². The first-order valence-corrected chi connectivity index (χ1v) is 13.4. The SMILES string of the molecule is CCC(=O)COC(=O)CCN(Cc1ccccc1)c1cc(NC(C)=O)c(/N=N/c2cc(F)c([N+](=O)[O-])cc2[N+](=O)[O-])cc1OC. The lowest BCUT2D eigenvalue weighted by Gasteiger charge is -2.27. The van der Waals surface area contributed by atoms with Gasteiger partial charge in [-0.1, -0.05) is 37.3 Å². The fraction of sp³-hybridized carbons (Fsp3) is 0.276. The van der Waals surface area contributed by atoms with Crippen molar-refractivity contribution < 1.29 is 38.1 Å². The van der Waals surface area contributed by atoms with Gasteiger partial charge in [-0.05, 0) is 11.6 Å². The largest absolute Gasteiger partial charge is 0.494 e. The van der Waals surface area contributed by atoms with Crippen molar-refractivity contribution in [2.24, 2.45) is 10.2 Å². The number of ether oxygens (including phenoxy) is 2. The summed E-state index contributed by atoms with van der Waals surface area (Å²) in [5.74, 6) is -2.48. The summed E-state index contributed by atoms with van der Waals surface area (Å²) in [7, 11) is 1.36. The van der Waals surface area contributed by atoms with Gasteiger partial charge in [-0.25, -0.2) is 0 Å². The smallest absolute Gasteiger partial charge is 0.311 e. The highest BCUT2D eigenvalue weighted by Gasteiger charge is 2.25. The van der Waals surface area contributed by atoms with E-state index in [1.807, 2.05) is 30.3 Å². The van der Waals surface area contributed by atoms with Gasteiger partial charge in [-0.3, -0.25) is 34.6 Å². The molecule has 0 atom stereocenters. The Labute approximate surface area is 255 Å². The molecule has 0 fully saturated rings. The maximum atomic E-state index is 14.3.